The van der Waals surface area contributed by atoms with Crippen molar-refractivity contribution in [1.82, 2.24) is 14.5 Å². The maximum absolute atomic E-state index is 11.3. The van der Waals surface area contributed by atoms with Crippen molar-refractivity contribution in [3.63, 3.8) is 0 Å². The third kappa shape index (κ3) is 7.15. The van der Waals surface area contributed by atoms with Crippen LogP contribution in [0, 0.1) is 0 Å². The second-order valence-corrected chi connectivity index (χ2v) is 16.2. The maximum Gasteiger partial charge on any atom is 0.149 e. The molecule has 8 aromatic rings. The highest BCUT2D eigenvalue weighted by Crippen LogP contribution is 2.41. The van der Waals surface area contributed by atoms with E-state index < -0.39 is 11.8 Å². The summed E-state index contributed by atoms with van der Waals surface area (Å²) in [7, 11) is 0. The smallest absolute Gasteiger partial charge is 0.149 e. The normalized spacial score (nSPS) is 12.8. The summed E-state index contributed by atoms with van der Waals surface area (Å²) in [5.41, 5.74) is 14.1. The molecule has 2 heterocycles. The minimum Gasteiger partial charge on any atom is -0.507 e. The van der Waals surface area contributed by atoms with E-state index in [1.807, 2.05) is 88.5 Å². The van der Waals surface area contributed by atoms with E-state index in [9.17, 15) is 5.11 Å². The third-order valence-corrected chi connectivity index (χ3v) is 10.7. The van der Waals surface area contributed by atoms with Crippen LogP contribution in [0.25, 0.3) is 72.7 Å². The molecule has 0 unspecified atom stereocenters. The fraction of sp³-hybridized carbons (Fsp3) is 0.192. The zero-order valence-electron chi connectivity index (χ0n) is 35.2. The number of rotatable bonds is 8. The monoisotopic (exact) mass is 733 g/mol. The molecule has 4 heteroatoms. The molecule has 0 fully saturated rings. The second kappa shape index (κ2) is 14.8. The Kier molecular flexibility index (Phi) is 9.03. The quantitative estimate of drug-likeness (QED) is 0.169. The third-order valence-electron chi connectivity index (χ3n) is 10.7. The van der Waals surface area contributed by atoms with Crippen LogP contribution in [0.3, 0.4) is 0 Å². The molecule has 0 radical (unpaired) electrons. The standard InChI is InChI=1S/C52H49N3O/c1-33(2)35-20-22-37(23-21-35)38-24-25-53-47(32-38)42-27-41(28-43(29-42)52(5,6)7)45-17-13-18-48-50(45)54-51(46-16-11-12-19-49(46)56)55(48)44-30-39(34(3)4)26-40(31-44)36-14-9-8-10-15-36/h8-34,56H,1-7H3/i33D,34D. The number of para-hydroxylation sites is 2. The lowest BCUT2D eigenvalue weighted by Crippen LogP contribution is -2.11. The summed E-state index contributed by atoms with van der Waals surface area (Å²) in [4.78, 5) is 10.3. The van der Waals surface area contributed by atoms with Gasteiger partial charge in [0.25, 0.3) is 0 Å². The van der Waals surface area contributed by atoms with E-state index in [0.29, 0.717) is 11.4 Å². The fourth-order valence-corrected chi connectivity index (χ4v) is 7.39. The van der Waals surface area contributed by atoms with E-state index in [2.05, 4.69) is 110 Å². The molecule has 0 aliphatic heterocycles. The Morgan fingerprint density at radius 1 is 0.571 bits per heavy atom. The number of aromatic nitrogens is 3. The van der Waals surface area contributed by atoms with Crippen LogP contribution in [-0.2, 0) is 5.41 Å². The molecule has 0 aliphatic carbocycles. The van der Waals surface area contributed by atoms with Crippen LogP contribution < -0.4 is 0 Å². The second-order valence-electron chi connectivity index (χ2n) is 16.2. The number of pyridine rings is 1. The lowest BCUT2D eigenvalue weighted by Gasteiger charge is -2.22. The first-order chi connectivity index (χ1) is 27.5. The number of hydrogen-bond donors (Lipinski definition) is 1. The van der Waals surface area contributed by atoms with Gasteiger partial charge in [-0.2, -0.15) is 0 Å². The molecule has 0 saturated carbocycles. The van der Waals surface area contributed by atoms with Gasteiger partial charge in [-0.05, 0) is 116 Å². The predicted octanol–water partition coefficient (Wildman–Crippen LogP) is 14.0. The molecular weight excluding hydrogens is 683 g/mol. The first kappa shape index (κ1) is 34.2. The lowest BCUT2D eigenvalue weighted by molar-refractivity contribution is 0.477. The van der Waals surface area contributed by atoms with Crippen LogP contribution in [0.2, 0.25) is 0 Å². The highest BCUT2D eigenvalue weighted by Gasteiger charge is 2.23. The molecule has 0 aliphatic rings. The van der Waals surface area contributed by atoms with Crippen molar-refractivity contribution in [3.8, 4) is 67.5 Å². The predicted molar refractivity (Wildman–Crippen MR) is 235 cm³/mol. The van der Waals surface area contributed by atoms with Gasteiger partial charge >= 0.3 is 0 Å². The van der Waals surface area contributed by atoms with E-state index in [1.54, 1.807) is 6.07 Å². The Bertz CT molecular complexity index is 2780. The summed E-state index contributed by atoms with van der Waals surface area (Å²) in [5, 5.41) is 11.3. The molecule has 8 rings (SSSR count). The van der Waals surface area contributed by atoms with E-state index >= 15 is 0 Å². The molecule has 278 valence electrons. The summed E-state index contributed by atoms with van der Waals surface area (Å²) in [6.45, 7) is 14.3. The van der Waals surface area contributed by atoms with E-state index in [-0.39, 0.29) is 11.2 Å². The van der Waals surface area contributed by atoms with Crippen molar-refractivity contribution in [3.05, 3.63) is 168 Å². The number of fused-ring (bicyclic) bond motifs is 1. The zero-order valence-corrected chi connectivity index (χ0v) is 33.2. The van der Waals surface area contributed by atoms with Gasteiger partial charge in [0, 0.05) is 25.8 Å². The number of hydrogen-bond acceptors (Lipinski definition) is 3. The van der Waals surface area contributed by atoms with E-state index in [1.165, 1.54) is 5.56 Å². The molecule has 0 amide bonds. The first-order valence-electron chi connectivity index (χ1n) is 20.3. The van der Waals surface area contributed by atoms with Gasteiger partial charge in [-0.1, -0.05) is 139 Å². The van der Waals surface area contributed by atoms with Gasteiger partial charge in [-0.25, -0.2) is 4.98 Å². The molecule has 56 heavy (non-hydrogen) atoms. The van der Waals surface area contributed by atoms with Crippen molar-refractivity contribution >= 4 is 11.0 Å². The van der Waals surface area contributed by atoms with Gasteiger partial charge in [0.05, 0.1) is 22.3 Å². The Hall–Kier alpha value is -6.26. The molecule has 1 N–H and O–H groups in total. The van der Waals surface area contributed by atoms with Crippen molar-refractivity contribution in [2.75, 3.05) is 0 Å². The van der Waals surface area contributed by atoms with E-state index in [0.717, 1.165) is 72.5 Å². The Morgan fingerprint density at radius 3 is 1.96 bits per heavy atom. The van der Waals surface area contributed by atoms with Crippen LogP contribution >= 0.6 is 0 Å². The molecular formula is C52H49N3O. The summed E-state index contributed by atoms with van der Waals surface area (Å²) >= 11 is 0. The van der Waals surface area contributed by atoms with Gasteiger partial charge < -0.3 is 5.11 Å². The zero-order chi connectivity index (χ0) is 41.0. The molecule has 6 aromatic carbocycles. The number of imidazole rings is 1. The van der Waals surface area contributed by atoms with E-state index in [4.69, 9.17) is 12.7 Å². The SMILES string of the molecule is [2H]C(C)(C)c1ccc(-c2ccnc(-c3cc(-c4cccc5c4nc(-c4ccccc4O)n5-c4cc(-c5ccccc5)cc(C([2H])(C)C)c4)cc(C(C)(C)C)c3)c2)cc1. The molecule has 4 nitrogen and oxygen atoms in total. The van der Waals surface area contributed by atoms with Crippen molar-refractivity contribution in [2.45, 2.75) is 65.7 Å². The summed E-state index contributed by atoms with van der Waals surface area (Å²) in [6, 6.07) is 49.4. The summed E-state index contributed by atoms with van der Waals surface area (Å²) < 4.78 is 19.7. The van der Waals surface area contributed by atoms with Gasteiger partial charge in [0.15, 0.2) is 0 Å². The molecule has 0 atom stereocenters. The molecule has 0 bridgehead atoms. The lowest BCUT2D eigenvalue weighted by atomic mass is 9.83. The van der Waals surface area contributed by atoms with Crippen LogP contribution in [0.1, 0.15) is 79.7 Å². The average Bonchev–Trinajstić information content (AvgIpc) is 3.60. The van der Waals surface area contributed by atoms with Gasteiger partial charge in [-0.15, -0.1) is 0 Å². The first-order valence-corrected chi connectivity index (χ1v) is 19.3. The van der Waals surface area contributed by atoms with Crippen molar-refractivity contribution in [2.24, 2.45) is 0 Å². The highest BCUT2D eigenvalue weighted by atomic mass is 16.3. The van der Waals surface area contributed by atoms with Gasteiger partial charge in [0.2, 0.25) is 0 Å². The van der Waals surface area contributed by atoms with Crippen molar-refractivity contribution in [1.29, 1.82) is 0 Å². The minimum absolute atomic E-state index is 0.141. The topological polar surface area (TPSA) is 50.9 Å². The molecule has 0 spiro atoms. The van der Waals surface area contributed by atoms with Gasteiger partial charge in [0.1, 0.15) is 11.6 Å². The van der Waals surface area contributed by atoms with Crippen LogP contribution in [-0.4, -0.2) is 19.6 Å². The highest BCUT2D eigenvalue weighted by molar-refractivity contribution is 5.97. The Balaban J connectivity index is 1.35. The number of benzene rings is 6. The van der Waals surface area contributed by atoms with Crippen molar-refractivity contribution < 1.29 is 7.85 Å². The molecule has 2 aromatic heterocycles. The van der Waals surface area contributed by atoms with Crippen LogP contribution in [0.15, 0.2) is 152 Å². The van der Waals surface area contributed by atoms with Gasteiger partial charge in [-0.3, -0.25) is 9.55 Å². The Morgan fingerprint density at radius 2 is 1.25 bits per heavy atom. The summed E-state index contributed by atoms with van der Waals surface area (Å²) in [5.74, 6) is -0.781. The maximum atomic E-state index is 11.3. The number of aromatic hydroxyl groups is 1. The molecule has 0 saturated heterocycles. The van der Waals surface area contributed by atoms with Crippen LogP contribution in [0.4, 0.5) is 0 Å². The average molecular weight is 734 g/mol. The summed E-state index contributed by atoms with van der Waals surface area (Å²) in [6.07, 6.45) is 1.87. The number of nitrogens with zero attached hydrogens (tertiary/aromatic N) is 3. The number of phenols is 1. The Labute approximate surface area is 334 Å². The van der Waals surface area contributed by atoms with Crippen LogP contribution in [0.5, 0.6) is 5.75 Å². The number of phenolic OH excluding ortho intramolecular Hbond substituents is 1. The minimum atomic E-state index is -0.867. The fourth-order valence-electron chi connectivity index (χ4n) is 7.39. The largest absolute Gasteiger partial charge is 0.507 e.